The second-order valence-electron chi connectivity index (χ2n) is 11.8. The Bertz CT molecular complexity index is 1060. The fraction of sp³-hybridized carbons (Fsp3) is 0.704. The number of anilines is 1. The lowest BCUT2D eigenvalue weighted by Crippen LogP contribution is -2.63. The maximum Gasteiger partial charge on any atom is 0.414 e. The molecule has 2 unspecified atom stereocenters. The van der Waals surface area contributed by atoms with E-state index in [0.717, 1.165) is 6.42 Å². The van der Waals surface area contributed by atoms with Crippen LogP contribution in [0.25, 0.3) is 0 Å². The van der Waals surface area contributed by atoms with E-state index in [-0.39, 0.29) is 29.1 Å². The molecule has 3 aliphatic carbocycles. The van der Waals surface area contributed by atoms with Crippen LogP contribution in [0, 0.1) is 34.0 Å². The standard InChI is InChI=1S/C27H39N3O6/c1-6-25(4)13-18(36-24(35)30-23(34)16-8-7-9-19(28)29-16)26(5)14(2)10-11-27(15(3)22(25)33)12-17(31)20(32)21(26)27/h7-9,14-15,17-18,21-22,31,33H,6,10-13H2,1-5H3,(H2,28,29)(H,30,34,35)/t14?,15-,17-,18+,21?,22-,25+,26-,27-/m0/s1. The minimum Gasteiger partial charge on any atom is -0.445 e. The summed E-state index contributed by atoms with van der Waals surface area (Å²) in [7, 11) is 0. The third-order valence-corrected chi connectivity index (χ3v) is 10.2. The number of Topliss-reactive ketones (excluding diaryl/α,β-unsaturated/α-hetero) is 1. The van der Waals surface area contributed by atoms with Gasteiger partial charge >= 0.3 is 6.09 Å². The summed E-state index contributed by atoms with van der Waals surface area (Å²) < 4.78 is 6.00. The number of aliphatic hydroxyl groups excluding tert-OH is 2. The van der Waals surface area contributed by atoms with Crippen LogP contribution in [0.4, 0.5) is 10.6 Å². The monoisotopic (exact) mass is 501 g/mol. The van der Waals surface area contributed by atoms with Crippen LogP contribution < -0.4 is 11.1 Å². The van der Waals surface area contributed by atoms with Crippen molar-refractivity contribution in [3.8, 4) is 0 Å². The molecule has 5 N–H and O–H groups in total. The topological polar surface area (TPSA) is 152 Å². The molecule has 1 aromatic rings. The predicted octanol–water partition coefficient (Wildman–Crippen LogP) is 3.09. The van der Waals surface area contributed by atoms with Gasteiger partial charge in [-0.3, -0.25) is 14.9 Å². The summed E-state index contributed by atoms with van der Waals surface area (Å²) in [5.41, 5.74) is 3.67. The van der Waals surface area contributed by atoms with Gasteiger partial charge in [0.05, 0.1) is 6.10 Å². The van der Waals surface area contributed by atoms with E-state index in [4.69, 9.17) is 10.5 Å². The van der Waals surface area contributed by atoms with Crippen molar-refractivity contribution in [2.45, 2.75) is 85.0 Å². The van der Waals surface area contributed by atoms with E-state index in [1.807, 2.05) is 27.7 Å². The van der Waals surface area contributed by atoms with Gasteiger partial charge in [0, 0.05) is 11.3 Å². The molecular formula is C27H39N3O6. The number of nitrogens with one attached hydrogen (secondary N) is 1. The van der Waals surface area contributed by atoms with Gasteiger partial charge in [-0.2, -0.15) is 0 Å². The van der Waals surface area contributed by atoms with Crippen molar-refractivity contribution >= 4 is 23.6 Å². The van der Waals surface area contributed by atoms with Crippen molar-refractivity contribution in [1.29, 1.82) is 0 Å². The molecule has 0 aliphatic heterocycles. The van der Waals surface area contributed by atoms with E-state index in [1.54, 1.807) is 6.07 Å². The van der Waals surface area contributed by atoms with Gasteiger partial charge in [-0.25, -0.2) is 9.78 Å². The molecule has 1 aromatic heterocycles. The average Bonchev–Trinajstić information content (AvgIpc) is 3.10. The first-order valence-corrected chi connectivity index (χ1v) is 12.9. The summed E-state index contributed by atoms with van der Waals surface area (Å²) in [5, 5.41) is 24.6. The third-order valence-electron chi connectivity index (χ3n) is 10.2. The van der Waals surface area contributed by atoms with Gasteiger partial charge in [-0.1, -0.05) is 40.7 Å². The number of alkyl carbamates (subject to hydrolysis) is 1. The van der Waals surface area contributed by atoms with Gasteiger partial charge in [-0.15, -0.1) is 0 Å². The smallest absolute Gasteiger partial charge is 0.414 e. The molecule has 2 amide bonds. The number of amides is 2. The molecule has 3 fully saturated rings. The summed E-state index contributed by atoms with van der Waals surface area (Å²) in [6.07, 6.45) is -0.813. The normalized spacial score (nSPS) is 42.1. The Morgan fingerprint density at radius 3 is 2.56 bits per heavy atom. The van der Waals surface area contributed by atoms with Crippen molar-refractivity contribution in [3.05, 3.63) is 23.9 Å². The number of aromatic nitrogens is 1. The van der Waals surface area contributed by atoms with Crippen molar-refractivity contribution in [3.63, 3.8) is 0 Å². The number of nitrogen functional groups attached to an aromatic ring is 1. The Balaban J connectivity index is 1.73. The Hall–Kier alpha value is -2.52. The zero-order chi connectivity index (χ0) is 26.6. The quantitative estimate of drug-likeness (QED) is 0.493. The van der Waals surface area contributed by atoms with E-state index in [9.17, 15) is 24.6 Å². The number of nitrogens with two attached hydrogens (primary N) is 1. The lowest BCUT2D eigenvalue weighted by atomic mass is 9.43. The molecule has 4 rings (SSSR count). The van der Waals surface area contributed by atoms with E-state index in [2.05, 4.69) is 17.2 Å². The molecule has 0 aromatic carbocycles. The number of hydrogen-bond acceptors (Lipinski definition) is 8. The highest BCUT2D eigenvalue weighted by Gasteiger charge is 2.70. The Labute approximate surface area is 212 Å². The predicted molar refractivity (Wildman–Crippen MR) is 133 cm³/mol. The number of nitrogens with zero attached hydrogens (tertiary/aromatic N) is 1. The van der Waals surface area contributed by atoms with Gasteiger partial charge in [0.2, 0.25) is 0 Å². The number of ketones is 1. The number of aliphatic hydroxyl groups is 2. The number of carbonyl (C=O) groups excluding carboxylic acids is 3. The largest absolute Gasteiger partial charge is 0.445 e. The van der Waals surface area contributed by atoms with Crippen LogP contribution in [0.1, 0.15) is 77.2 Å². The Morgan fingerprint density at radius 2 is 1.92 bits per heavy atom. The zero-order valence-electron chi connectivity index (χ0n) is 21.8. The van der Waals surface area contributed by atoms with Crippen LogP contribution in [-0.4, -0.2) is 51.3 Å². The molecule has 9 atom stereocenters. The molecule has 3 aliphatic rings. The van der Waals surface area contributed by atoms with Crippen LogP contribution in [0.2, 0.25) is 0 Å². The number of carbonyl (C=O) groups is 3. The fourth-order valence-corrected chi connectivity index (χ4v) is 7.58. The maximum atomic E-state index is 13.5. The molecule has 0 radical (unpaired) electrons. The molecule has 2 bridgehead atoms. The third kappa shape index (κ3) is 3.91. The first kappa shape index (κ1) is 26.5. The second-order valence-corrected chi connectivity index (χ2v) is 11.8. The number of pyridine rings is 1. The van der Waals surface area contributed by atoms with Crippen LogP contribution >= 0.6 is 0 Å². The van der Waals surface area contributed by atoms with Crippen molar-refractivity contribution in [2.75, 3.05) is 5.73 Å². The molecule has 0 saturated heterocycles. The molecular weight excluding hydrogens is 462 g/mol. The van der Waals surface area contributed by atoms with Crippen LogP contribution in [0.3, 0.4) is 0 Å². The lowest BCUT2D eigenvalue weighted by Gasteiger charge is -2.61. The highest BCUT2D eigenvalue weighted by atomic mass is 16.6. The first-order valence-electron chi connectivity index (χ1n) is 12.9. The number of ether oxygens (including phenoxy) is 1. The molecule has 9 nitrogen and oxygen atoms in total. The van der Waals surface area contributed by atoms with Crippen LogP contribution in [0.15, 0.2) is 18.2 Å². The SMILES string of the molecule is CC[C@]1(C)C[C@@H](OC(=O)NC(=O)c2cccc(N)n2)[C@]2(C)C(C)CC[C@]3(C[C@H](O)C(=O)C32)[C@@H](C)[C@@H]1O. The van der Waals surface area contributed by atoms with Gasteiger partial charge < -0.3 is 20.7 Å². The zero-order valence-corrected chi connectivity index (χ0v) is 21.8. The van der Waals surface area contributed by atoms with Gasteiger partial charge in [-0.05, 0) is 66.9 Å². The molecule has 36 heavy (non-hydrogen) atoms. The molecule has 3 saturated carbocycles. The first-order chi connectivity index (χ1) is 16.8. The van der Waals surface area contributed by atoms with Gasteiger partial charge in [0.15, 0.2) is 5.78 Å². The highest BCUT2D eigenvalue weighted by Crippen LogP contribution is 2.68. The van der Waals surface area contributed by atoms with Crippen LogP contribution in [0.5, 0.6) is 0 Å². The molecule has 1 heterocycles. The van der Waals surface area contributed by atoms with Crippen molar-refractivity contribution in [2.24, 2.45) is 34.0 Å². The van der Waals surface area contributed by atoms with E-state index in [1.165, 1.54) is 12.1 Å². The fourth-order valence-electron chi connectivity index (χ4n) is 7.58. The Morgan fingerprint density at radius 1 is 1.22 bits per heavy atom. The number of imide groups is 1. The number of hydrogen-bond donors (Lipinski definition) is 4. The molecule has 0 spiro atoms. The molecule has 9 heteroatoms. The summed E-state index contributed by atoms with van der Waals surface area (Å²) in [6.45, 7) is 10.0. The second kappa shape index (κ2) is 9.10. The summed E-state index contributed by atoms with van der Waals surface area (Å²) in [6, 6.07) is 4.54. The van der Waals surface area contributed by atoms with E-state index in [0.29, 0.717) is 25.7 Å². The maximum absolute atomic E-state index is 13.5. The molecule has 198 valence electrons. The van der Waals surface area contributed by atoms with Crippen molar-refractivity contribution in [1.82, 2.24) is 10.3 Å². The number of rotatable bonds is 3. The highest BCUT2D eigenvalue weighted by molar-refractivity contribution is 6.01. The average molecular weight is 502 g/mol. The summed E-state index contributed by atoms with van der Waals surface area (Å²) in [4.78, 5) is 43.1. The lowest BCUT2D eigenvalue weighted by molar-refractivity contribution is -0.198. The van der Waals surface area contributed by atoms with E-state index < -0.39 is 52.5 Å². The summed E-state index contributed by atoms with van der Waals surface area (Å²) in [5.74, 6) is -1.61. The Kier molecular flexibility index (Phi) is 6.71. The van der Waals surface area contributed by atoms with Gasteiger partial charge in [0.25, 0.3) is 5.91 Å². The van der Waals surface area contributed by atoms with E-state index >= 15 is 0 Å². The minimum atomic E-state index is -1.11. The van der Waals surface area contributed by atoms with Crippen LogP contribution in [-0.2, 0) is 9.53 Å². The summed E-state index contributed by atoms with van der Waals surface area (Å²) >= 11 is 0. The minimum absolute atomic E-state index is 0.0116. The van der Waals surface area contributed by atoms with Crippen molar-refractivity contribution < 1.29 is 29.3 Å². The van der Waals surface area contributed by atoms with Gasteiger partial charge in [0.1, 0.15) is 23.7 Å².